The molecule has 168 valence electrons. The summed E-state index contributed by atoms with van der Waals surface area (Å²) in [5, 5.41) is 3.28. The molecule has 0 atom stereocenters. The van der Waals surface area contributed by atoms with Gasteiger partial charge in [0.1, 0.15) is 6.61 Å². The molecule has 0 fully saturated rings. The normalized spacial score (nSPS) is 11.6. The van der Waals surface area contributed by atoms with E-state index >= 15 is 0 Å². The van der Waals surface area contributed by atoms with Crippen molar-refractivity contribution in [2.45, 2.75) is 33.7 Å². The minimum absolute atomic E-state index is 0.0132. The zero-order valence-corrected chi connectivity index (χ0v) is 18.2. The lowest BCUT2D eigenvalue weighted by Gasteiger charge is -2.09. The molecule has 0 amide bonds. The molecule has 8 nitrogen and oxygen atoms in total. The quantitative estimate of drug-likeness (QED) is 0.269. The van der Waals surface area contributed by atoms with Crippen molar-refractivity contribution >= 4 is 5.78 Å². The average Bonchev–Trinajstić information content (AvgIpc) is 2.65. The van der Waals surface area contributed by atoms with Crippen LogP contribution in [-0.2, 0) is 33.2 Å². The summed E-state index contributed by atoms with van der Waals surface area (Å²) in [6.07, 6.45) is 0. The third-order valence-electron chi connectivity index (χ3n) is 3.55. The fourth-order valence-corrected chi connectivity index (χ4v) is 1.86. The molecule has 0 spiro atoms. The molecule has 0 aromatic carbocycles. The maximum atomic E-state index is 11.3. The molecule has 0 unspecified atom stereocenters. The number of ketones is 1. The molecule has 0 bridgehead atoms. The molecule has 1 N–H and O–H groups in total. The van der Waals surface area contributed by atoms with Gasteiger partial charge in [-0.3, -0.25) is 4.79 Å². The van der Waals surface area contributed by atoms with Crippen LogP contribution >= 0.6 is 0 Å². The molecular formula is C20H41NO7. The van der Waals surface area contributed by atoms with Gasteiger partial charge in [-0.05, 0) is 0 Å². The first-order chi connectivity index (χ1) is 13.5. The highest BCUT2D eigenvalue weighted by molar-refractivity contribution is 5.81. The lowest BCUT2D eigenvalue weighted by atomic mass is 10.1. The van der Waals surface area contributed by atoms with Gasteiger partial charge in [0.25, 0.3) is 0 Å². The van der Waals surface area contributed by atoms with Gasteiger partial charge in [-0.25, -0.2) is 0 Å². The maximum absolute atomic E-state index is 11.3. The molecule has 0 radical (unpaired) electrons. The molecule has 8 heteroatoms. The second-order valence-electron chi connectivity index (χ2n) is 6.84. The van der Waals surface area contributed by atoms with Gasteiger partial charge in [-0.1, -0.05) is 27.7 Å². The molecular weight excluding hydrogens is 366 g/mol. The van der Waals surface area contributed by atoms with Gasteiger partial charge in [-0.15, -0.1) is 0 Å². The van der Waals surface area contributed by atoms with Gasteiger partial charge in [-0.2, -0.15) is 0 Å². The molecule has 0 rings (SSSR count). The Labute approximate surface area is 170 Å². The largest absolute Gasteiger partial charge is 0.378 e. The number of Topliss-reactive ketones (excluding diaryl/α,β-unsaturated/α-hetero) is 1. The lowest BCUT2D eigenvalue weighted by Crippen LogP contribution is -2.27. The first kappa shape index (κ1) is 27.4. The van der Waals surface area contributed by atoms with E-state index in [0.29, 0.717) is 78.7 Å². The highest BCUT2D eigenvalue weighted by atomic mass is 16.6. The summed E-state index contributed by atoms with van der Waals surface area (Å²) in [6.45, 7) is 14.9. The Morgan fingerprint density at radius 1 is 0.607 bits per heavy atom. The summed E-state index contributed by atoms with van der Waals surface area (Å²) in [4.78, 5) is 11.3. The standard InChI is InChI=1S/C20H41NO7/c1-18(2)20(22)17-28-16-15-27-14-13-26-12-11-25-10-9-24-8-7-23-6-5-21-19(3)4/h18-19,21H,5-17H2,1-4H3. The molecule has 0 aromatic rings. The maximum Gasteiger partial charge on any atom is 0.160 e. The van der Waals surface area contributed by atoms with Gasteiger partial charge in [0, 0.05) is 18.5 Å². The zero-order valence-electron chi connectivity index (χ0n) is 18.2. The van der Waals surface area contributed by atoms with E-state index < -0.39 is 0 Å². The topological polar surface area (TPSA) is 84.5 Å². The second kappa shape index (κ2) is 21.1. The van der Waals surface area contributed by atoms with Crippen LogP contribution in [0.4, 0.5) is 0 Å². The number of nitrogens with one attached hydrogen (secondary N) is 1. The van der Waals surface area contributed by atoms with Gasteiger partial charge >= 0.3 is 0 Å². The summed E-state index contributed by atoms with van der Waals surface area (Å²) in [7, 11) is 0. The molecule has 0 aliphatic carbocycles. The molecule has 0 aliphatic heterocycles. The first-order valence-electron chi connectivity index (χ1n) is 10.3. The van der Waals surface area contributed by atoms with Crippen LogP contribution in [0.15, 0.2) is 0 Å². The van der Waals surface area contributed by atoms with Gasteiger partial charge < -0.3 is 33.7 Å². The molecule has 0 saturated heterocycles. The van der Waals surface area contributed by atoms with Gasteiger partial charge in [0.15, 0.2) is 5.78 Å². The van der Waals surface area contributed by atoms with Gasteiger partial charge in [0.2, 0.25) is 0 Å². The van der Waals surface area contributed by atoms with Crippen molar-refractivity contribution in [3.05, 3.63) is 0 Å². The van der Waals surface area contributed by atoms with Crippen LogP contribution in [0, 0.1) is 5.92 Å². The Morgan fingerprint density at radius 2 is 0.964 bits per heavy atom. The third kappa shape index (κ3) is 21.7. The first-order valence-corrected chi connectivity index (χ1v) is 10.3. The molecule has 0 aliphatic rings. The summed E-state index contributed by atoms with van der Waals surface area (Å²) in [5.41, 5.74) is 0. The molecule has 28 heavy (non-hydrogen) atoms. The number of rotatable bonds is 22. The average molecular weight is 408 g/mol. The van der Waals surface area contributed by atoms with E-state index in [4.69, 9.17) is 28.4 Å². The highest BCUT2D eigenvalue weighted by Crippen LogP contribution is 1.94. The number of hydrogen-bond acceptors (Lipinski definition) is 8. The highest BCUT2D eigenvalue weighted by Gasteiger charge is 2.06. The van der Waals surface area contributed by atoms with E-state index in [1.54, 1.807) is 0 Å². The van der Waals surface area contributed by atoms with E-state index in [9.17, 15) is 4.79 Å². The fraction of sp³-hybridized carbons (Fsp3) is 0.950. The third-order valence-corrected chi connectivity index (χ3v) is 3.55. The van der Waals surface area contributed by atoms with Crippen LogP contribution in [0.3, 0.4) is 0 Å². The van der Waals surface area contributed by atoms with Crippen molar-refractivity contribution in [3.63, 3.8) is 0 Å². The minimum Gasteiger partial charge on any atom is -0.378 e. The van der Waals surface area contributed by atoms with Crippen molar-refractivity contribution in [1.29, 1.82) is 0 Å². The van der Waals surface area contributed by atoms with Crippen LogP contribution in [0.2, 0.25) is 0 Å². The van der Waals surface area contributed by atoms with Crippen molar-refractivity contribution in [3.8, 4) is 0 Å². The van der Waals surface area contributed by atoms with Crippen LogP contribution in [0.1, 0.15) is 27.7 Å². The van der Waals surface area contributed by atoms with Crippen LogP contribution in [-0.4, -0.2) is 97.7 Å². The van der Waals surface area contributed by atoms with Gasteiger partial charge in [0.05, 0.1) is 72.7 Å². The van der Waals surface area contributed by atoms with Crippen LogP contribution in [0.5, 0.6) is 0 Å². The number of ether oxygens (including phenoxy) is 6. The lowest BCUT2D eigenvalue weighted by molar-refractivity contribution is -0.127. The summed E-state index contributed by atoms with van der Waals surface area (Å²) in [6, 6.07) is 0.487. The molecule has 0 saturated carbocycles. The minimum atomic E-state index is 0.0132. The van der Waals surface area contributed by atoms with Crippen molar-refractivity contribution in [2.75, 3.05) is 85.8 Å². The van der Waals surface area contributed by atoms with Crippen molar-refractivity contribution < 1.29 is 33.2 Å². The Kier molecular flexibility index (Phi) is 20.6. The Morgan fingerprint density at radius 3 is 1.32 bits per heavy atom. The molecule has 0 heterocycles. The van der Waals surface area contributed by atoms with E-state index in [1.165, 1.54) is 0 Å². The van der Waals surface area contributed by atoms with E-state index in [1.807, 2.05) is 13.8 Å². The van der Waals surface area contributed by atoms with Crippen molar-refractivity contribution in [1.82, 2.24) is 5.32 Å². The predicted octanol–water partition coefficient (Wildman–Crippen LogP) is 1.31. The predicted molar refractivity (Wildman–Crippen MR) is 108 cm³/mol. The van der Waals surface area contributed by atoms with E-state index in [2.05, 4.69) is 19.2 Å². The summed E-state index contributed by atoms with van der Waals surface area (Å²) in [5.74, 6) is 0.121. The second-order valence-corrected chi connectivity index (χ2v) is 6.84. The Bertz CT molecular complexity index is 341. The monoisotopic (exact) mass is 407 g/mol. The Hall–Kier alpha value is -0.610. The Balaban J connectivity index is 3.06. The summed E-state index contributed by atoms with van der Waals surface area (Å²) >= 11 is 0. The SMILES string of the molecule is CC(C)NCCOCCOCCOCCOCCOCCOCC(=O)C(C)C. The van der Waals surface area contributed by atoms with Crippen LogP contribution < -0.4 is 5.32 Å². The van der Waals surface area contributed by atoms with E-state index in [-0.39, 0.29) is 18.3 Å². The van der Waals surface area contributed by atoms with E-state index in [0.717, 1.165) is 6.54 Å². The smallest absolute Gasteiger partial charge is 0.160 e. The summed E-state index contributed by atoms with van der Waals surface area (Å²) < 4.78 is 32.2. The zero-order chi connectivity index (χ0) is 20.9. The fourth-order valence-electron chi connectivity index (χ4n) is 1.86. The number of carbonyl (C=O) groups excluding carboxylic acids is 1. The van der Waals surface area contributed by atoms with Crippen molar-refractivity contribution in [2.24, 2.45) is 5.92 Å². The number of hydrogen-bond donors (Lipinski definition) is 1. The molecule has 0 aromatic heterocycles. The van der Waals surface area contributed by atoms with Crippen LogP contribution in [0.25, 0.3) is 0 Å². The number of carbonyl (C=O) groups is 1.